The summed E-state index contributed by atoms with van der Waals surface area (Å²) in [4.78, 5) is 0. The number of hydrogen-bond donors (Lipinski definition) is 0. The summed E-state index contributed by atoms with van der Waals surface area (Å²) in [7, 11) is 0. The first-order valence-corrected chi connectivity index (χ1v) is 16.8. The van der Waals surface area contributed by atoms with Gasteiger partial charge in [0.15, 0.2) is 0 Å². The standard InChI is InChI=1S/C7H11.3C4H9.Sn/c1-3-5-7-6-4-2;3*1-3-4-2;/h3H,4,6H2,1-2H3;3*1,3-4H2,2H3;. The molecule has 0 heterocycles. The zero-order valence-electron chi connectivity index (χ0n) is 14.9. The molecule has 20 heavy (non-hydrogen) atoms. The molecule has 0 aliphatic heterocycles. The molecule has 0 radical (unpaired) electrons. The van der Waals surface area contributed by atoms with Gasteiger partial charge in [-0.3, -0.25) is 0 Å². The summed E-state index contributed by atoms with van der Waals surface area (Å²) in [6.07, 6.45) is 10.8. The molecule has 0 aromatic rings. The van der Waals surface area contributed by atoms with Crippen LogP contribution in [0.5, 0.6) is 0 Å². The van der Waals surface area contributed by atoms with E-state index in [1.807, 2.05) is 0 Å². The van der Waals surface area contributed by atoms with Crippen molar-refractivity contribution >= 4 is 18.4 Å². The first-order valence-electron chi connectivity index (χ1n) is 9.15. The monoisotopic (exact) mass is 386 g/mol. The summed E-state index contributed by atoms with van der Waals surface area (Å²) < 4.78 is 5.55. The van der Waals surface area contributed by atoms with Crippen LogP contribution in [0.3, 0.4) is 0 Å². The molecule has 0 nitrogen and oxygen atoms in total. The van der Waals surface area contributed by atoms with Crippen molar-refractivity contribution in [2.24, 2.45) is 0 Å². The molecule has 0 aliphatic rings. The van der Waals surface area contributed by atoms with E-state index in [4.69, 9.17) is 0 Å². The summed E-state index contributed by atoms with van der Waals surface area (Å²) in [6.45, 7) is 11.8. The van der Waals surface area contributed by atoms with Crippen LogP contribution in [0, 0.1) is 11.8 Å². The second kappa shape index (κ2) is 13.1. The molecule has 0 aromatic heterocycles. The van der Waals surface area contributed by atoms with Crippen LogP contribution in [0.15, 0.2) is 0 Å². The second-order valence-corrected chi connectivity index (χ2v) is 21.0. The van der Waals surface area contributed by atoms with E-state index in [1.54, 1.807) is 13.3 Å². The van der Waals surface area contributed by atoms with E-state index < -0.39 is 18.4 Å². The van der Waals surface area contributed by atoms with Crippen LogP contribution in [0.1, 0.15) is 86.0 Å². The van der Waals surface area contributed by atoms with Gasteiger partial charge in [-0.1, -0.05) is 0 Å². The van der Waals surface area contributed by atoms with Crippen molar-refractivity contribution in [1.29, 1.82) is 0 Å². The molecule has 0 rings (SSSR count). The Bertz CT molecular complexity index is 249. The average molecular weight is 385 g/mol. The first kappa shape index (κ1) is 20.4. The third kappa shape index (κ3) is 7.96. The minimum absolute atomic E-state index is 0.778. The summed E-state index contributed by atoms with van der Waals surface area (Å²) in [5, 5.41) is 0. The molecule has 0 aromatic carbocycles. The van der Waals surface area contributed by atoms with E-state index in [2.05, 4.69) is 46.5 Å². The Balaban J connectivity index is 4.95. The molecule has 0 bridgehead atoms. The summed E-state index contributed by atoms with van der Waals surface area (Å²) in [5.41, 5.74) is 0. The fraction of sp³-hybridized carbons (Fsp3) is 0.895. The molecular formula is C19H38Sn. The molecule has 1 heteroatoms. The third-order valence-electron chi connectivity index (χ3n) is 4.70. The van der Waals surface area contributed by atoms with Crippen molar-refractivity contribution in [3.05, 3.63) is 0 Å². The summed E-state index contributed by atoms with van der Waals surface area (Å²) in [5.74, 6) is 7.17. The molecular weight excluding hydrogens is 347 g/mol. The van der Waals surface area contributed by atoms with Crippen LogP contribution in [0.2, 0.25) is 17.2 Å². The van der Waals surface area contributed by atoms with E-state index in [-0.39, 0.29) is 0 Å². The Labute approximate surface area is 133 Å². The van der Waals surface area contributed by atoms with Crippen molar-refractivity contribution < 1.29 is 0 Å². The minimum atomic E-state index is -2.04. The van der Waals surface area contributed by atoms with Crippen molar-refractivity contribution in [3.63, 3.8) is 0 Å². The molecule has 0 saturated heterocycles. The molecule has 118 valence electrons. The Morgan fingerprint density at radius 1 is 0.750 bits per heavy atom. The Kier molecular flexibility index (Phi) is 13.3. The molecule has 0 spiro atoms. The van der Waals surface area contributed by atoms with Crippen molar-refractivity contribution in [3.8, 4) is 11.8 Å². The molecule has 0 aliphatic carbocycles. The van der Waals surface area contributed by atoms with Gasteiger partial charge in [0, 0.05) is 0 Å². The van der Waals surface area contributed by atoms with Crippen molar-refractivity contribution in [2.45, 2.75) is 103 Å². The van der Waals surface area contributed by atoms with Gasteiger partial charge < -0.3 is 0 Å². The van der Waals surface area contributed by atoms with Crippen LogP contribution >= 0.6 is 0 Å². The van der Waals surface area contributed by atoms with Gasteiger partial charge in [0.1, 0.15) is 0 Å². The Hall–Kier alpha value is 0.359. The van der Waals surface area contributed by atoms with E-state index >= 15 is 0 Å². The summed E-state index contributed by atoms with van der Waals surface area (Å²) >= 11 is -2.04. The van der Waals surface area contributed by atoms with Gasteiger partial charge in [-0.2, -0.15) is 0 Å². The van der Waals surface area contributed by atoms with Crippen LogP contribution in [-0.4, -0.2) is 18.4 Å². The van der Waals surface area contributed by atoms with Gasteiger partial charge in [-0.05, 0) is 0 Å². The van der Waals surface area contributed by atoms with Crippen LogP contribution in [0.25, 0.3) is 0 Å². The molecule has 0 saturated carbocycles. The Morgan fingerprint density at radius 3 is 1.55 bits per heavy atom. The number of hydrogen-bond acceptors (Lipinski definition) is 0. The third-order valence-corrected chi connectivity index (χ3v) is 21.9. The van der Waals surface area contributed by atoms with Gasteiger partial charge in [0.25, 0.3) is 0 Å². The first-order chi connectivity index (χ1) is 9.66. The quantitative estimate of drug-likeness (QED) is 0.265. The zero-order valence-corrected chi connectivity index (χ0v) is 17.7. The van der Waals surface area contributed by atoms with Crippen LogP contribution in [-0.2, 0) is 0 Å². The molecule has 0 unspecified atom stereocenters. The predicted octanol–water partition coefficient (Wildman–Crippen LogP) is 7.03. The van der Waals surface area contributed by atoms with Gasteiger partial charge >= 0.3 is 133 Å². The fourth-order valence-electron chi connectivity index (χ4n) is 3.11. The van der Waals surface area contributed by atoms with Gasteiger partial charge in [0.2, 0.25) is 0 Å². The maximum absolute atomic E-state index is 3.69. The average Bonchev–Trinajstić information content (AvgIpc) is 2.47. The second-order valence-electron chi connectivity index (χ2n) is 6.47. The van der Waals surface area contributed by atoms with Crippen molar-refractivity contribution in [1.82, 2.24) is 0 Å². The molecule has 0 N–H and O–H groups in total. The van der Waals surface area contributed by atoms with Gasteiger partial charge in [0.05, 0.1) is 0 Å². The SMILES string of the molecule is CCCC#C[C@@H](C)[Sn]([CH2]CCC)([CH2]CCC)[CH2]CCC. The van der Waals surface area contributed by atoms with Crippen LogP contribution in [0.4, 0.5) is 0 Å². The van der Waals surface area contributed by atoms with E-state index in [0.29, 0.717) is 0 Å². The molecule has 0 fully saturated rings. The van der Waals surface area contributed by atoms with E-state index in [1.165, 1.54) is 44.9 Å². The topological polar surface area (TPSA) is 0 Å². The normalized spacial score (nSPS) is 12.8. The summed E-state index contributed by atoms with van der Waals surface area (Å²) in [6, 6.07) is 0. The maximum atomic E-state index is 3.69. The van der Waals surface area contributed by atoms with E-state index in [0.717, 1.165) is 10.4 Å². The molecule has 1 atom stereocenters. The predicted molar refractivity (Wildman–Crippen MR) is 97.0 cm³/mol. The molecule has 0 amide bonds. The van der Waals surface area contributed by atoms with Crippen molar-refractivity contribution in [2.75, 3.05) is 0 Å². The zero-order chi connectivity index (χ0) is 15.3. The van der Waals surface area contributed by atoms with Gasteiger partial charge in [-0.25, -0.2) is 0 Å². The Morgan fingerprint density at radius 2 is 1.20 bits per heavy atom. The number of rotatable bonds is 11. The number of unbranched alkanes of at least 4 members (excludes halogenated alkanes) is 4. The fourth-order valence-corrected chi connectivity index (χ4v) is 19.2. The van der Waals surface area contributed by atoms with Gasteiger partial charge in [-0.15, -0.1) is 0 Å². The van der Waals surface area contributed by atoms with Crippen LogP contribution < -0.4 is 0 Å². The van der Waals surface area contributed by atoms with E-state index in [9.17, 15) is 0 Å².